The quantitative estimate of drug-likeness (QED) is 0.781. The van der Waals surface area contributed by atoms with Gasteiger partial charge in [0.25, 0.3) is 0 Å². The smallest absolute Gasteiger partial charge is 0.236 e. The van der Waals surface area contributed by atoms with E-state index in [0.29, 0.717) is 19.7 Å². The van der Waals surface area contributed by atoms with Crippen molar-refractivity contribution in [1.82, 2.24) is 9.80 Å². The summed E-state index contributed by atoms with van der Waals surface area (Å²) in [6.45, 7) is 3.82. The molecule has 19 heavy (non-hydrogen) atoms. The second kappa shape index (κ2) is 7.14. The van der Waals surface area contributed by atoms with Crippen molar-refractivity contribution in [3.63, 3.8) is 0 Å². The van der Waals surface area contributed by atoms with Gasteiger partial charge >= 0.3 is 0 Å². The van der Waals surface area contributed by atoms with Gasteiger partial charge in [0.1, 0.15) is 12.4 Å². The summed E-state index contributed by atoms with van der Waals surface area (Å²) in [6.07, 6.45) is 2.43. The van der Waals surface area contributed by atoms with Crippen molar-refractivity contribution in [2.45, 2.75) is 12.8 Å². The molecular weight excluding hydrogens is 240 g/mol. The fourth-order valence-corrected chi connectivity index (χ4v) is 2.19. The largest absolute Gasteiger partial charge is 0.492 e. The molecule has 1 aliphatic heterocycles. The summed E-state index contributed by atoms with van der Waals surface area (Å²) in [6, 6.07) is 9.69. The van der Waals surface area contributed by atoms with Crippen molar-refractivity contribution >= 4 is 5.91 Å². The van der Waals surface area contributed by atoms with Gasteiger partial charge in [-0.2, -0.15) is 0 Å². The van der Waals surface area contributed by atoms with Crippen LogP contribution in [0.1, 0.15) is 12.8 Å². The predicted octanol–water partition coefficient (Wildman–Crippen LogP) is 1.62. The van der Waals surface area contributed by atoms with Crippen molar-refractivity contribution < 1.29 is 9.53 Å². The Labute approximate surface area is 115 Å². The van der Waals surface area contributed by atoms with Gasteiger partial charge in [0.05, 0.1) is 13.1 Å². The maximum Gasteiger partial charge on any atom is 0.236 e. The van der Waals surface area contributed by atoms with Gasteiger partial charge < -0.3 is 9.64 Å². The third-order valence-electron chi connectivity index (χ3n) is 3.42. The van der Waals surface area contributed by atoms with Gasteiger partial charge in [0, 0.05) is 7.05 Å². The molecule has 1 aliphatic rings. The van der Waals surface area contributed by atoms with E-state index in [1.165, 1.54) is 12.8 Å². The van der Waals surface area contributed by atoms with E-state index in [1.54, 1.807) is 4.90 Å². The Balaban J connectivity index is 1.65. The highest BCUT2D eigenvalue weighted by atomic mass is 16.5. The first-order valence-electron chi connectivity index (χ1n) is 6.90. The maximum atomic E-state index is 12.0. The lowest BCUT2D eigenvalue weighted by molar-refractivity contribution is -0.131. The van der Waals surface area contributed by atoms with E-state index in [9.17, 15) is 4.79 Å². The van der Waals surface area contributed by atoms with Crippen LogP contribution in [0.4, 0.5) is 0 Å². The lowest BCUT2D eigenvalue weighted by atomic mass is 10.3. The first kappa shape index (κ1) is 13.9. The number of rotatable bonds is 6. The van der Waals surface area contributed by atoms with Crippen LogP contribution in [0, 0.1) is 0 Å². The fraction of sp³-hybridized carbons (Fsp3) is 0.533. The van der Waals surface area contributed by atoms with E-state index in [1.807, 2.05) is 37.4 Å². The Morgan fingerprint density at radius 1 is 1.26 bits per heavy atom. The van der Waals surface area contributed by atoms with Crippen molar-refractivity contribution in [1.29, 1.82) is 0 Å². The summed E-state index contributed by atoms with van der Waals surface area (Å²) in [5, 5.41) is 0. The number of ether oxygens (including phenoxy) is 1. The highest BCUT2D eigenvalue weighted by molar-refractivity contribution is 5.78. The lowest BCUT2D eigenvalue weighted by Gasteiger charge is -2.21. The molecule has 0 saturated carbocycles. The Kier molecular flexibility index (Phi) is 5.21. The molecule has 1 amide bonds. The summed E-state index contributed by atoms with van der Waals surface area (Å²) in [5.74, 6) is 1.03. The Morgan fingerprint density at radius 3 is 2.63 bits per heavy atom. The molecule has 0 atom stereocenters. The average molecular weight is 262 g/mol. The molecule has 4 heteroatoms. The summed E-state index contributed by atoms with van der Waals surface area (Å²) in [4.78, 5) is 15.9. The number of carbonyl (C=O) groups excluding carboxylic acids is 1. The van der Waals surface area contributed by atoms with Crippen molar-refractivity contribution in [3.8, 4) is 5.75 Å². The minimum absolute atomic E-state index is 0.179. The van der Waals surface area contributed by atoms with Gasteiger partial charge in [-0.3, -0.25) is 9.69 Å². The normalized spacial score (nSPS) is 15.4. The Morgan fingerprint density at radius 2 is 1.95 bits per heavy atom. The summed E-state index contributed by atoms with van der Waals surface area (Å²) >= 11 is 0. The van der Waals surface area contributed by atoms with Gasteiger partial charge in [-0.25, -0.2) is 0 Å². The number of amides is 1. The Bertz CT molecular complexity index is 388. The fourth-order valence-electron chi connectivity index (χ4n) is 2.19. The Hall–Kier alpha value is -1.55. The molecule has 0 N–H and O–H groups in total. The standard InChI is InChI=1S/C15H22N2O2/c1-16(15(18)13-17-9-5-6-10-17)11-12-19-14-7-3-2-4-8-14/h2-4,7-8H,5-6,9-13H2,1H3. The molecular formula is C15H22N2O2. The summed E-state index contributed by atoms with van der Waals surface area (Å²) in [7, 11) is 1.84. The van der Waals surface area contributed by atoms with Gasteiger partial charge in [0.15, 0.2) is 0 Å². The molecule has 1 aromatic carbocycles. The number of carbonyl (C=O) groups is 1. The molecule has 0 spiro atoms. The van der Waals surface area contributed by atoms with Crippen LogP contribution in [0.15, 0.2) is 30.3 Å². The topological polar surface area (TPSA) is 32.8 Å². The molecule has 1 saturated heterocycles. The number of hydrogen-bond donors (Lipinski definition) is 0. The van der Waals surface area contributed by atoms with Crippen LogP contribution >= 0.6 is 0 Å². The number of nitrogens with zero attached hydrogens (tertiary/aromatic N) is 2. The van der Waals surface area contributed by atoms with Gasteiger partial charge in [0.2, 0.25) is 5.91 Å². The van der Waals surface area contributed by atoms with Gasteiger partial charge in [-0.15, -0.1) is 0 Å². The number of likely N-dealkylation sites (tertiary alicyclic amines) is 1. The lowest BCUT2D eigenvalue weighted by Crippen LogP contribution is -2.38. The number of benzene rings is 1. The number of likely N-dealkylation sites (N-methyl/N-ethyl adjacent to an activating group) is 1. The SMILES string of the molecule is CN(CCOc1ccccc1)C(=O)CN1CCCC1. The molecule has 2 rings (SSSR count). The van der Waals surface area contributed by atoms with E-state index >= 15 is 0 Å². The summed E-state index contributed by atoms with van der Waals surface area (Å²) < 4.78 is 5.59. The van der Waals surface area contributed by atoms with Crippen molar-refractivity contribution in [2.75, 3.05) is 39.8 Å². The molecule has 1 fully saturated rings. The zero-order valence-electron chi connectivity index (χ0n) is 11.5. The predicted molar refractivity (Wildman–Crippen MR) is 75.2 cm³/mol. The van der Waals surface area contributed by atoms with Gasteiger partial charge in [-0.05, 0) is 38.1 Å². The number of para-hydroxylation sites is 1. The first-order chi connectivity index (χ1) is 9.25. The van der Waals surface area contributed by atoms with Crippen LogP contribution in [0.5, 0.6) is 5.75 Å². The van der Waals surface area contributed by atoms with Gasteiger partial charge in [-0.1, -0.05) is 18.2 Å². The molecule has 104 valence electrons. The first-order valence-corrected chi connectivity index (χ1v) is 6.90. The van der Waals surface area contributed by atoms with Crippen molar-refractivity contribution in [2.24, 2.45) is 0 Å². The average Bonchev–Trinajstić information content (AvgIpc) is 2.92. The molecule has 0 unspecified atom stereocenters. The third-order valence-corrected chi connectivity index (χ3v) is 3.42. The highest BCUT2D eigenvalue weighted by Crippen LogP contribution is 2.09. The van der Waals surface area contributed by atoms with Crippen LogP contribution in [-0.4, -0.2) is 55.5 Å². The van der Waals surface area contributed by atoms with E-state index in [4.69, 9.17) is 4.74 Å². The van der Waals surface area contributed by atoms with Crippen LogP contribution in [0.2, 0.25) is 0 Å². The second-order valence-corrected chi connectivity index (χ2v) is 4.96. The molecule has 1 heterocycles. The highest BCUT2D eigenvalue weighted by Gasteiger charge is 2.17. The van der Waals surface area contributed by atoms with Crippen LogP contribution in [0.25, 0.3) is 0 Å². The van der Waals surface area contributed by atoms with E-state index < -0.39 is 0 Å². The molecule has 0 radical (unpaired) electrons. The number of hydrogen-bond acceptors (Lipinski definition) is 3. The van der Waals surface area contributed by atoms with E-state index in [-0.39, 0.29) is 5.91 Å². The minimum atomic E-state index is 0.179. The maximum absolute atomic E-state index is 12.0. The zero-order valence-corrected chi connectivity index (χ0v) is 11.5. The molecule has 0 aromatic heterocycles. The minimum Gasteiger partial charge on any atom is -0.492 e. The van der Waals surface area contributed by atoms with E-state index in [2.05, 4.69) is 4.90 Å². The molecule has 0 aliphatic carbocycles. The zero-order chi connectivity index (χ0) is 13.5. The molecule has 4 nitrogen and oxygen atoms in total. The van der Waals surface area contributed by atoms with Crippen LogP contribution in [0.3, 0.4) is 0 Å². The van der Waals surface area contributed by atoms with Crippen LogP contribution < -0.4 is 4.74 Å². The van der Waals surface area contributed by atoms with Crippen molar-refractivity contribution in [3.05, 3.63) is 30.3 Å². The third kappa shape index (κ3) is 4.56. The van der Waals surface area contributed by atoms with E-state index in [0.717, 1.165) is 18.8 Å². The summed E-state index contributed by atoms with van der Waals surface area (Å²) in [5.41, 5.74) is 0. The van der Waals surface area contributed by atoms with Crippen LogP contribution in [-0.2, 0) is 4.79 Å². The second-order valence-electron chi connectivity index (χ2n) is 4.96. The monoisotopic (exact) mass is 262 g/mol. The molecule has 1 aromatic rings. The molecule has 0 bridgehead atoms.